The second-order valence-corrected chi connectivity index (χ2v) is 2.98. The van der Waals surface area contributed by atoms with E-state index in [1.54, 1.807) is 0 Å². The molecule has 3 atom stereocenters. The van der Waals surface area contributed by atoms with Crippen LogP contribution in [0.4, 0.5) is 0 Å². The lowest BCUT2D eigenvalue weighted by atomic mass is 9.92. The van der Waals surface area contributed by atoms with Crippen molar-refractivity contribution in [3.8, 4) is 0 Å². The fourth-order valence-electron chi connectivity index (χ4n) is 1.20. The van der Waals surface area contributed by atoms with Crippen molar-refractivity contribution < 1.29 is 9.84 Å². The molecule has 2 heteroatoms. The Morgan fingerprint density at radius 1 is 1.22 bits per heavy atom. The molecule has 2 unspecified atom stereocenters. The van der Waals surface area contributed by atoms with Crippen LogP contribution in [-0.2, 0) is 4.74 Å². The summed E-state index contributed by atoms with van der Waals surface area (Å²) in [5, 5.41) is 9.37. The molecule has 0 aliphatic carbocycles. The van der Waals surface area contributed by atoms with Gasteiger partial charge in [0.25, 0.3) is 0 Å². The van der Waals surface area contributed by atoms with Gasteiger partial charge >= 0.3 is 0 Å². The number of ether oxygens (including phenoxy) is 1. The predicted molar refractivity (Wildman–Crippen MR) is 35.2 cm³/mol. The SMILES string of the molecule is CC1COC[C@@H](C)C1O. The quantitative estimate of drug-likeness (QED) is 0.521. The summed E-state index contributed by atoms with van der Waals surface area (Å²) in [4.78, 5) is 0. The number of hydrogen-bond donors (Lipinski definition) is 1. The second-order valence-electron chi connectivity index (χ2n) is 2.98. The lowest BCUT2D eigenvalue weighted by Crippen LogP contribution is -2.36. The zero-order valence-corrected chi connectivity index (χ0v) is 6.00. The Kier molecular flexibility index (Phi) is 2.09. The first-order chi connectivity index (χ1) is 4.22. The second kappa shape index (κ2) is 2.67. The van der Waals surface area contributed by atoms with Crippen molar-refractivity contribution in [2.45, 2.75) is 20.0 Å². The van der Waals surface area contributed by atoms with Gasteiger partial charge in [0.1, 0.15) is 0 Å². The molecule has 0 radical (unpaired) electrons. The fourth-order valence-corrected chi connectivity index (χ4v) is 1.20. The minimum Gasteiger partial charge on any atom is -0.392 e. The van der Waals surface area contributed by atoms with Crippen LogP contribution in [0.15, 0.2) is 0 Å². The molecule has 0 aromatic heterocycles. The maximum Gasteiger partial charge on any atom is 0.0635 e. The molecule has 9 heavy (non-hydrogen) atoms. The average Bonchev–Trinajstić information content (AvgIpc) is 1.83. The summed E-state index contributed by atoms with van der Waals surface area (Å²) in [6.07, 6.45) is -0.154. The van der Waals surface area contributed by atoms with Crippen LogP contribution in [0.1, 0.15) is 13.8 Å². The highest BCUT2D eigenvalue weighted by Gasteiger charge is 2.25. The molecule has 1 fully saturated rings. The van der Waals surface area contributed by atoms with Gasteiger partial charge in [-0.25, -0.2) is 0 Å². The summed E-state index contributed by atoms with van der Waals surface area (Å²) in [5.41, 5.74) is 0. The fraction of sp³-hybridized carbons (Fsp3) is 1.00. The standard InChI is InChI=1S/C7H14O2/c1-5-3-9-4-6(2)7(5)8/h5-8H,3-4H2,1-2H3/t5-,6?,7?/m1/s1. The summed E-state index contributed by atoms with van der Waals surface area (Å²) < 4.78 is 5.20. The first kappa shape index (κ1) is 7.03. The molecule has 0 amide bonds. The molecule has 0 aromatic rings. The zero-order valence-electron chi connectivity index (χ0n) is 6.00. The monoisotopic (exact) mass is 130 g/mol. The highest BCUT2D eigenvalue weighted by molar-refractivity contribution is 4.73. The number of rotatable bonds is 0. The van der Waals surface area contributed by atoms with E-state index in [1.165, 1.54) is 0 Å². The third-order valence-corrected chi connectivity index (χ3v) is 1.93. The lowest BCUT2D eigenvalue weighted by Gasteiger charge is -2.30. The molecule has 1 saturated heterocycles. The highest BCUT2D eigenvalue weighted by Crippen LogP contribution is 2.18. The van der Waals surface area contributed by atoms with Crippen LogP contribution in [0, 0.1) is 11.8 Å². The first-order valence-corrected chi connectivity index (χ1v) is 3.47. The van der Waals surface area contributed by atoms with Gasteiger partial charge in [-0.05, 0) is 0 Å². The van der Waals surface area contributed by atoms with E-state index in [-0.39, 0.29) is 6.10 Å². The van der Waals surface area contributed by atoms with Gasteiger partial charge in [-0.1, -0.05) is 13.8 Å². The van der Waals surface area contributed by atoms with Gasteiger partial charge in [0.2, 0.25) is 0 Å². The van der Waals surface area contributed by atoms with E-state index >= 15 is 0 Å². The molecule has 0 saturated carbocycles. The van der Waals surface area contributed by atoms with Gasteiger partial charge in [0.15, 0.2) is 0 Å². The molecule has 1 aliphatic heterocycles. The normalized spacial score (nSPS) is 45.0. The summed E-state index contributed by atoms with van der Waals surface area (Å²) in [5.74, 6) is 0.627. The third-order valence-electron chi connectivity index (χ3n) is 1.93. The summed E-state index contributed by atoms with van der Waals surface area (Å²) in [6.45, 7) is 5.46. The largest absolute Gasteiger partial charge is 0.392 e. The van der Waals surface area contributed by atoms with Crippen molar-refractivity contribution >= 4 is 0 Å². The van der Waals surface area contributed by atoms with E-state index in [2.05, 4.69) is 0 Å². The molecule has 1 N–H and O–H groups in total. The molecule has 0 bridgehead atoms. The molecular formula is C7H14O2. The molecule has 1 heterocycles. The van der Waals surface area contributed by atoms with Gasteiger partial charge in [-0.2, -0.15) is 0 Å². The van der Waals surface area contributed by atoms with Crippen LogP contribution in [0.5, 0.6) is 0 Å². The Balaban J connectivity index is 2.41. The minimum absolute atomic E-state index is 0.154. The Hall–Kier alpha value is -0.0800. The maximum absolute atomic E-state index is 9.37. The molecule has 0 aromatic carbocycles. The van der Waals surface area contributed by atoms with Crippen molar-refractivity contribution in [1.82, 2.24) is 0 Å². The topological polar surface area (TPSA) is 29.5 Å². The van der Waals surface area contributed by atoms with Crippen molar-refractivity contribution in [3.05, 3.63) is 0 Å². The molecule has 1 aliphatic rings. The Morgan fingerprint density at radius 3 is 2.00 bits per heavy atom. The molecule has 2 nitrogen and oxygen atoms in total. The molecular weight excluding hydrogens is 116 g/mol. The summed E-state index contributed by atoms with van der Waals surface area (Å²) in [7, 11) is 0. The molecule has 54 valence electrons. The predicted octanol–water partition coefficient (Wildman–Crippen LogP) is 0.650. The molecule has 1 rings (SSSR count). The van der Waals surface area contributed by atoms with Crippen LogP contribution < -0.4 is 0 Å². The average molecular weight is 130 g/mol. The van der Waals surface area contributed by atoms with Crippen molar-refractivity contribution in [3.63, 3.8) is 0 Å². The minimum atomic E-state index is -0.154. The van der Waals surface area contributed by atoms with Gasteiger partial charge in [-0.15, -0.1) is 0 Å². The number of hydrogen-bond acceptors (Lipinski definition) is 2. The van der Waals surface area contributed by atoms with Crippen LogP contribution in [0.2, 0.25) is 0 Å². The summed E-state index contributed by atoms with van der Waals surface area (Å²) >= 11 is 0. The van der Waals surface area contributed by atoms with Gasteiger partial charge in [0, 0.05) is 11.8 Å². The highest BCUT2D eigenvalue weighted by atomic mass is 16.5. The van der Waals surface area contributed by atoms with Crippen LogP contribution in [-0.4, -0.2) is 24.4 Å². The number of aliphatic hydroxyl groups is 1. The van der Waals surface area contributed by atoms with Crippen molar-refractivity contribution in [2.75, 3.05) is 13.2 Å². The van der Waals surface area contributed by atoms with Gasteiger partial charge < -0.3 is 9.84 Å². The zero-order chi connectivity index (χ0) is 6.85. The Morgan fingerprint density at radius 2 is 1.67 bits per heavy atom. The lowest BCUT2D eigenvalue weighted by molar-refractivity contribution is -0.0670. The van der Waals surface area contributed by atoms with E-state index in [0.717, 1.165) is 0 Å². The third kappa shape index (κ3) is 1.43. The van der Waals surface area contributed by atoms with E-state index in [1.807, 2.05) is 13.8 Å². The van der Waals surface area contributed by atoms with Crippen LogP contribution in [0.25, 0.3) is 0 Å². The molecule has 0 spiro atoms. The Labute approximate surface area is 55.8 Å². The van der Waals surface area contributed by atoms with Crippen LogP contribution in [0.3, 0.4) is 0 Å². The van der Waals surface area contributed by atoms with Crippen LogP contribution >= 0.6 is 0 Å². The van der Waals surface area contributed by atoms with E-state index in [9.17, 15) is 5.11 Å². The van der Waals surface area contributed by atoms with Crippen molar-refractivity contribution in [1.29, 1.82) is 0 Å². The van der Waals surface area contributed by atoms with E-state index in [0.29, 0.717) is 25.0 Å². The van der Waals surface area contributed by atoms with E-state index in [4.69, 9.17) is 4.74 Å². The maximum atomic E-state index is 9.37. The van der Waals surface area contributed by atoms with Gasteiger partial charge in [0.05, 0.1) is 19.3 Å². The first-order valence-electron chi connectivity index (χ1n) is 3.47. The number of aliphatic hydroxyl groups excluding tert-OH is 1. The van der Waals surface area contributed by atoms with E-state index < -0.39 is 0 Å². The summed E-state index contributed by atoms with van der Waals surface area (Å²) in [6, 6.07) is 0. The van der Waals surface area contributed by atoms with Gasteiger partial charge in [-0.3, -0.25) is 0 Å². The Bertz CT molecular complexity index is 82.9. The van der Waals surface area contributed by atoms with Crippen molar-refractivity contribution in [2.24, 2.45) is 11.8 Å². The smallest absolute Gasteiger partial charge is 0.0635 e.